The summed E-state index contributed by atoms with van der Waals surface area (Å²) in [6.07, 6.45) is 3.44. The summed E-state index contributed by atoms with van der Waals surface area (Å²) in [5, 5.41) is 12.9. The van der Waals surface area contributed by atoms with Gasteiger partial charge >= 0.3 is 0 Å². The second kappa shape index (κ2) is 5.70. The number of nitrogens with one attached hydrogen (secondary N) is 1. The number of rotatable bonds is 4. The van der Waals surface area contributed by atoms with Crippen molar-refractivity contribution in [2.24, 2.45) is 0 Å². The second-order valence-electron chi connectivity index (χ2n) is 5.39. The van der Waals surface area contributed by atoms with E-state index in [2.05, 4.69) is 5.32 Å². The summed E-state index contributed by atoms with van der Waals surface area (Å²) in [5.41, 5.74) is -0.386. The van der Waals surface area contributed by atoms with Crippen molar-refractivity contribution in [2.75, 3.05) is 6.54 Å². The molecule has 0 radical (unpaired) electrons. The van der Waals surface area contributed by atoms with Gasteiger partial charge in [-0.3, -0.25) is 4.79 Å². The van der Waals surface area contributed by atoms with Crippen molar-refractivity contribution in [1.82, 2.24) is 5.32 Å². The molecule has 1 aliphatic rings. The van der Waals surface area contributed by atoms with Gasteiger partial charge < -0.3 is 10.4 Å². The first kappa shape index (κ1) is 14.0. The average molecular weight is 265 g/mol. The van der Waals surface area contributed by atoms with Crippen LogP contribution in [0.4, 0.5) is 4.39 Å². The number of carbonyl (C=O) groups is 1. The molecule has 1 amide bonds. The molecule has 1 aliphatic carbocycles. The van der Waals surface area contributed by atoms with Gasteiger partial charge in [0, 0.05) is 6.54 Å². The Morgan fingerprint density at radius 2 is 2.05 bits per heavy atom. The number of aliphatic hydroxyl groups is 1. The Balaban J connectivity index is 1.94. The molecule has 0 aromatic heterocycles. The fourth-order valence-corrected chi connectivity index (χ4v) is 2.58. The van der Waals surface area contributed by atoms with Gasteiger partial charge in [0.2, 0.25) is 5.91 Å². The fourth-order valence-electron chi connectivity index (χ4n) is 2.58. The minimum absolute atomic E-state index is 0.245. The first-order valence-corrected chi connectivity index (χ1v) is 6.76. The smallest absolute Gasteiger partial charge is 0.227 e. The largest absolute Gasteiger partial charge is 0.388 e. The monoisotopic (exact) mass is 265 g/mol. The van der Waals surface area contributed by atoms with Gasteiger partial charge in [-0.05, 0) is 31.4 Å². The molecule has 2 N–H and O–H groups in total. The number of amides is 1. The highest BCUT2D eigenvalue weighted by molar-refractivity contribution is 5.83. The first-order valence-electron chi connectivity index (χ1n) is 6.76. The third kappa shape index (κ3) is 3.32. The minimum atomic E-state index is -0.773. The molecule has 1 saturated carbocycles. The van der Waals surface area contributed by atoms with Gasteiger partial charge in [0.05, 0.1) is 11.5 Å². The van der Waals surface area contributed by atoms with Crippen molar-refractivity contribution in [3.8, 4) is 0 Å². The lowest BCUT2D eigenvalue weighted by molar-refractivity contribution is -0.123. The molecule has 1 aromatic rings. The summed E-state index contributed by atoms with van der Waals surface area (Å²) < 4.78 is 13.6. The number of carbonyl (C=O) groups excluding carboxylic acids is 1. The van der Waals surface area contributed by atoms with Crippen LogP contribution in [-0.4, -0.2) is 23.2 Å². The summed E-state index contributed by atoms with van der Waals surface area (Å²) in [5.74, 6) is -1.17. The average Bonchev–Trinajstić information content (AvgIpc) is 2.83. The number of benzene rings is 1. The predicted molar refractivity (Wildman–Crippen MR) is 71.2 cm³/mol. The van der Waals surface area contributed by atoms with Crippen molar-refractivity contribution in [3.05, 3.63) is 35.6 Å². The van der Waals surface area contributed by atoms with E-state index in [1.165, 1.54) is 6.07 Å². The van der Waals surface area contributed by atoms with E-state index in [0.29, 0.717) is 5.56 Å². The first-order chi connectivity index (χ1) is 9.02. The lowest BCUT2D eigenvalue weighted by atomic mass is 9.98. The molecule has 0 bridgehead atoms. The van der Waals surface area contributed by atoms with Gasteiger partial charge in [0.1, 0.15) is 5.82 Å². The molecule has 0 heterocycles. The van der Waals surface area contributed by atoms with Crippen LogP contribution in [-0.2, 0) is 4.79 Å². The fraction of sp³-hybridized carbons (Fsp3) is 0.533. The molecule has 0 saturated heterocycles. The zero-order valence-corrected chi connectivity index (χ0v) is 11.2. The Morgan fingerprint density at radius 3 is 2.68 bits per heavy atom. The van der Waals surface area contributed by atoms with Crippen molar-refractivity contribution < 1.29 is 14.3 Å². The molecule has 2 rings (SSSR count). The Labute approximate surface area is 112 Å². The van der Waals surface area contributed by atoms with Crippen molar-refractivity contribution in [3.63, 3.8) is 0 Å². The topological polar surface area (TPSA) is 49.3 Å². The lowest BCUT2D eigenvalue weighted by Gasteiger charge is -2.23. The molecule has 1 atom stereocenters. The second-order valence-corrected chi connectivity index (χ2v) is 5.39. The Kier molecular flexibility index (Phi) is 4.20. The SMILES string of the molecule is CC(C(=O)NCC1(O)CCCC1)c1ccccc1F. The highest BCUT2D eigenvalue weighted by atomic mass is 19.1. The Bertz CT molecular complexity index is 455. The molecule has 1 unspecified atom stereocenters. The number of halogens is 1. The van der Waals surface area contributed by atoms with Crippen LogP contribution in [0.25, 0.3) is 0 Å². The summed E-state index contributed by atoms with van der Waals surface area (Å²) in [6, 6.07) is 6.28. The van der Waals surface area contributed by atoms with Gasteiger partial charge in [0.15, 0.2) is 0 Å². The Morgan fingerprint density at radius 1 is 1.42 bits per heavy atom. The highest BCUT2D eigenvalue weighted by Gasteiger charge is 2.32. The summed E-state index contributed by atoms with van der Waals surface area (Å²) in [4.78, 5) is 12.0. The molecular formula is C15H20FNO2. The van der Waals surface area contributed by atoms with Gasteiger partial charge in [-0.15, -0.1) is 0 Å². The molecule has 3 nitrogen and oxygen atoms in total. The maximum atomic E-state index is 13.6. The summed E-state index contributed by atoms with van der Waals surface area (Å²) >= 11 is 0. The van der Waals surface area contributed by atoms with Crippen LogP contribution in [0.1, 0.15) is 44.1 Å². The normalized spacial score (nSPS) is 19.1. The molecule has 19 heavy (non-hydrogen) atoms. The molecule has 0 spiro atoms. The van der Waals surface area contributed by atoms with Crippen molar-refractivity contribution in [2.45, 2.75) is 44.1 Å². The maximum absolute atomic E-state index is 13.6. The van der Waals surface area contributed by atoms with Crippen molar-refractivity contribution >= 4 is 5.91 Å². The van der Waals surface area contributed by atoms with Crippen LogP contribution in [0.3, 0.4) is 0 Å². The third-order valence-corrected chi connectivity index (χ3v) is 3.89. The third-order valence-electron chi connectivity index (χ3n) is 3.89. The van der Waals surface area contributed by atoms with Crippen LogP contribution in [0.5, 0.6) is 0 Å². The van der Waals surface area contributed by atoms with Crippen LogP contribution in [0.15, 0.2) is 24.3 Å². The summed E-state index contributed by atoms with van der Waals surface area (Å²) in [6.45, 7) is 1.93. The zero-order chi connectivity index (χ0) is 13.9. The van der Waals surface area contributed by atoms with E-state index in [9.17, 15) is 14.3 Å². The minimum Gasteiger partial charge on any atom is -0.388 e. The van der Waals surface area contributed by atoms with E-state index in [1.54, 1.807) is 25.1 Å². The van der Waals surface area contributed by atoms with Crippen LogP contribution < -0.4 is 5.32 Å². The molecule has 1 aromatic carbocycles. The van der Waals surface area contributed by atoms with E-state index in [0.717, 1.165) is 25.7 Å². The van der Waals surface area contributed by atoms with E-state index < -0.39 is 11.5 Å². The standard InChI is InChI=1S/C15H20FNO2/c1-11(12-6-2-3-7-13(12)16)14(18)17-10-15(19)8-4-5-9-15/h2-3,6-7,11,19H,4-5,8-10H2,1H3,(H,17,18). The molecule has 1 fully saturated rings. The van der Waals surface area contributed by atoms with Crippen molar-refractivity contribution in [1.29, 1.82) is 0 Å². The zero-order valence-electron chi connectivity index (χ0n) is 11.2. The van der Waals surface area contributed by atoms with E-state index in [-0.39, 0.29) is 18.3 Å². The van der Waals surface area contributed by atoms with Crippen LogP contribution >= 0.6 is 0 Å². The number of hydrogen-bond acceptors (Lipinski definition) is 2. The molecule has 104 valence electrons. The quantitative estimate of drug-likeness (QED) is 0.878. The van der Waals surface area contributed by atoms with Gasteiger partial charge in [-0.1, -0.05) is 31.0 Å². The van der Waals surface area contributed by atoms with Crippen LogP contribution in [0.2, 0.25) is 0 Å². The van der Waals surface area contributed by atoms with Crippen LogP contribution in [0, 0.1) is 5.82 Å². The number of hydrogen-bond donors (Lipinski definition) is 2. The van der Waals surface area contributed by atoms with E-state index >= 15 is 0 Å². The van der Waals surface area contributed by atoms with Gasteiger partial charge in [-0.2, -0.15) is 0 Å². The maximum Gasteiger partial charge on any atom is 0.227 e. The molecular weight excluding hydrogens is 245 g/mol. The van der Waals surface area contributed by atoms with Gasteiger partial charge in [0.25, 0.3) is 0 Å². The highest BCUT2D eigenvalue weighted by Crippen LogP contribution is 2.29. The van der Waals surface area contributed by atoms with Gasteiger partial charge in [-0.25, -0.2) is 4.39 Å². The van der Waals surface area contributed by atoms with E-state index in [1.807, 2.05) is 0 Å². The predicted octanol–water partition coefficient (Wildman–Crippen LogP) is 2.35. The molecule has 0 aliphatic heterocycles. The van der Waals surface area contributed by atoms with E-state index in [4.69, 9.17) is 0 Å². The summed E-state index contributed by atoms with van der Waals surface area (Å²) in [7, 11) is 0. The Hall–Kier alpha value is -1.42. The molecule has 4 heteroatoms. The lowest BCUT2D eigenvalue weighted by Crippen LogP contribution is -2.42.